The lowest BCUT2D eigenvalue weighted by Gasteiger charge is -2.42. The van der Waals surface area contributed by atoms with Crippen molar-refractivity contribution in [1.29, 1.82) is 0 Å². The summed E-state index contributed by atoms with van der Waals surface area (Å²) in [6.07, 6.45) is 1.02. The highest BCUT2D eigenvalue weighted by molar-refractivity contribution is 5.85. The third kappa shape index (κ3) is 3.63. The van der Waals surface area contributed by atoms with Crippen LogP contribution in [0.1, 0.15) is 31.4 Å². The van der Waals surface area contributed by atoms with E-state index in [0.717, 1.165) is 11.3 Å². The number of morpholine rings is 1. The number of ether oxygens (including phenoxy) is 2. The van der Waals surface area contributed by atoms with Crippen molar-refractivity contribution in [2.45, 2.75) is 25.8 Å². The zero-order chi connectivity index (χ0) is 17.8. The molecule has 2 atom stereocenters. The summed E-state index contributed by atoms with van der Waals surface area (Å²) in [5, 5.41) is 0. The molecule has 0 aliphatic carbocycles. The molecule has 2 aliphatic heterocycles. The van der Waals surface area contributed by atoms with Gasteiger partial charge in [0.25, 0.3) is 0 Å². The van der Waals surface area contributed by atoms with E-state index >= 15 is 0 Å². The Labute approximate surface area is 148 Å². The Kier molecular flexibility index (Phi) is 5.58. The van der Waals surface area contributed by atoms with Gasteiger partial charge in [0, 0.05) is 26.1 Å². The van der Waals surface area contributed by atoms with E-state index in [-0.39, 0.29) is 23.8 Å². The van der Waals surface area contributed by atoms with E-state index in [1.807, 2.05) is 41.0 Å². The summed E-state index contributed by atoms with van der Waals surface area (Å²) in [7, 11) is 1.62. The number of rotatable bonds is 4. The van der Waals surface area contributed by atoms with Crippen LogP contribution in [0.15, 0.2) is 24.3 Å². The molecule has 0 saturated carbocycles. The fraction of sp³-hybridized carbons (Fsp3) is 0.579. The Bertz CT molecular complexity index is 628. The fourth-order valence-corrected chi connectivity index (χ4v) is 3.84. The van der Waals surface area contributed by atoms with E-state index in [9.17, 15) is 9.59 Å². The van der Waals surface area contributed by atoms with Crippen molar-refractivity contribution in [2.24, 2.45) is 5.92 Å². The van der Waals surface area contributed by atoms with Crippen LogP contribution in [0.25, 0.3) is 0 Å². The molecule has 0 radical (unpaired) electrons. The number of hydrogen-bond donors (Lipinski definition) is 0. The van der Waals surface area contributed by atoms with Crippen molar-refractivity contribution >= 4 is 11.8 Å². The second-order valence-corrected chi connectivity index (χ2v) is 6.48. The SMILES string of the molecule is CCN1C(=O)CC[C@@H](C(=O)N2CCOCC2)[C@@H]1c1cccc(OC)c1. The van der Waals surface area contributed by atoms with E-state index in [1.165, 1.54) is 0 Å². The molecule has 1 aromatic carbocycles. The summed E-state index contributed by atoms with van der Waals surface area (Å²) in [5.41, 5.74) is 0.959. The first-order valence-electron chi connectivity index (χ1n) is 8.95. The summed E-state index contributed by atoms with van der Waals surface area (Å²) in [4.78, 5) is 29.3. The van der Waals surface area contributed by atoms with Gasteiger partial charge in [-0.3, -0.25) is 9.59 Å². The molecule has 0 bridgehead atoms. The lowest BCUT2D eigenvalue weighted by Crippen LogP contribution is -2.51. The molecule has 136 valence electrons. The minimum absolute atomic E-state index is 0.112. The van der Waals surface area contributed by atoms with E-state index in [2.05, 4.69) is 0 Å². The zero-order valence-corrected chi connectivity index (χ0v) is 14.9. The highest BCUT2D eigenvalue weighted by Gasteiger charge is 2.41. The third-order valence-electron chi connectivity index (χ3n) is 5.12. The molecule has 0 aromatic heterocycles. The molecule has 2 amide bonds. The number of benzene rings is 1. The number of amides is 2. The Morgan fingerprint density at radius 2 is 2.08 bits per heavy atom. The van der Waals surface area contributed by atoms with E-state index in [4.69, 9.17) is 9.47 Å². The van der Waals surface area contributed by atoms with Gasteiger partial charge in [-0.1, -0.05) is 12.1 Å². The lowest BCUT2D eigenvalue weighted by atomic mass is 9.83. The van der Waals surface area contributed by atoms with Gasteiger partial charge in [-0.05, 0) is 31.0 Å². The predicted molar refractivity (Wildman–Crippen MR) is 93.2 cm³/mol. The first-order chi connectivity index (χ1) is 12.2. The summed E-state index contributed by atoms with van der Waals surface area (Å²) in [6.45, 7) is 4.97. The average Bonchev–Trinajstić information content (AvgIpc) is 2.67. The van der Waals surface area contributed by atoms with Crippen molar-refractivity contribution in [1.82, 2.24) is 9.80 Å². The summed E-state index contributed by atoms with van der Waals surface area (Å²) in [6, 6.07) is 7.47. The van der Waals surface area contributed by atoms with Gasteiger partial charge in [-0.2, -0.15) is 0 Å². The van der Waals surface area contributed by atoms with Crippen LogP contribution in [0.4, 0.5) is 0 Å². The molecule has 0 spiro atoms. The Morgan fingerprint density at radius 3 is 2.76 bits per heavy atom. The van der Waals surface area contributed by atoms with Crippen LogP contribution in [0.5, 0.6) is 5.75 Å². The zero-order valence-electron chi connectivity index (χ0n) is 14.9. The van der Waals surface area contributed by atoms with Crippen LogP contribution in [0.2, 0.25) is 0 Å². The minimum Gasteiger partial charge on any atom is -0.497 e. The number of methoxy groups -OCH3 is 1. The van der Waals surface area contributed by atoms with Gasteiger partial charge < -0.3 is 19.3 Å². The molecule has 0 unspecified atom stereocenters. The van der Waals surface area contributed by atoms with Crippen LogP contribution < -0.4 is 4.74 Å². The maximum atomic E-state index is 13.2. The van der Waals surface area contributed by atoms with Crippen LogP contribution in [0.3, 0.4) is 0 Å². The average molecular weight is 346 g/mol. The van der Waals surface area contributed by atoms with E-state index in [0.29, 0.717) is 45.7 Å². The van der Waals surface area contributed by atoms with E-state index < -0.39 is 0 Å². The molecule has 6 heteroatoms. The molecule has 6 nitrogen and oxygen atoms in total. The van der Waals surface area contributed by atoms with Crippen LogP contribution in [-0.2, 0) is 14.3 Å². The van der Waals surface area contributed by atoms with Gasteiger partial charge in [0.1, 0.15) is 5.75 Å². The van der Waals surface area contributed by atoms with Crippen LogP contribution in [0, 0.1) is 5.92 Å². The summed E-state index contributed by atoms with van der Waals surface area (Å²) in [5.74, 6) is 0.760. The van der Waals surface area contributed by atoms with E-state index in [1.54, 1.807) is 7.11 Å². The topological polar surface area (TPSA) is 59.1 Å². The first-order valence-corrected chi connectivity index (χ1v) is 8.95. The molecule has 2 aliphatic rings. The number of carbonyl (C=O) groups excluding carboxylic acids is 2. The van der Waals surface area contributed by atoms with Gasteiger partial charge in [0.2, 0.25) is 11.8 Å². The van der Waals surface area contributed by atoms with Crippen molar-refractivity contribution in [2.75, 3.05) is 40.0 Å². The molecule has 2 fully saturated rings. The summed E-state index contributed by atoms with van der Waals surface area (Å²) < 4.78 is 10.7. The van der Waals surface area contributed by atoms with Crippen LogP contribution in [-0.4, -0.2) is 61.6 Å². The summed E-state index contributed by atoms with van der Waals surface area (Å²) >= 11 is 0. The van der Waals surface area contributed by atoms with Gasteiger partial charge in [-0.15, -0.1) is 0 Å². The molecule has 0 N–H and O–H groups in total. The maximum Gasteiger partial charge on any atom is 0.228 e. The Balaban J connectivity index is 1.93. The maximum absolute atomic E-state index is 13.2. The molecule has 25 heavy (non-hydrogen) atoms. The monoisotopic (exact) mass is 346 g/mol. The molecule has 1 aromatic rings. The normalized spacial score (nSPS) is 24.3. The lowest BCUT2D eigenvalue weighted by molar-refractivity contribution is -0.150. The van der Waals surface area contributed by atoms with Gasteiger partial charge in [0.05, 0.1) is 32.3 Å². The number of likely N-dealkylation sites (tertiary alicyclic amines) is 1. The Hall–Kier alpha value is -2.08. The van der Waals surface area contributed by atoms with Gasteiger partial charge in [-0.25, -0.2) is 0 Å². The molecule has 2 saturated heterocycles. The van der Waals surface area contributed by atoms with Gasteiger partial charge in [0.15, 0.2) is 0 Å². The van der Waals surface area contributed by atoms with Gasteiger partial charge >= 0.3 is 0 Å². The number of hydrogen-bond acceptors (Lipinski definition) is 4. The fourth-order valence-electron chi connectivity index (χ4n) is 3.84. The quantitative estimate of drug-likeness (QED) is 0.835. The Morgan fingerprint density at radius 1 is 1.32 bits per heavy atom. The predicted octanol–water partition coefficient (Wildman–Crippen LogP) is 1.85. The molecule has 3 rings (SSSR count). The third-order valence-corrected chi connectivity index (χ3v) is 5.12. The smallest absolute Gasteiger partial charge is 0.228 e. The van der Waals surface area contributed by atoms with Crippen molar-refractivity contribution in [3.63, 3.8) is 0 Å². The number of piperidine rings is 1. The standard InChI is InChI=1S/C19H26N2O4/c1-3-21-17(22)8-7-16(19(23)20-9-11-25-12-10-20)18(21)14-5-4-6-15(13-14)24-2/h4-6,13,16,18H,3,7-12H2,1-2H3/t16-,18+/m1/s1. The molecular weight excluding hydrogens is 320 g/mol. The van der Waals surface area contributed by atoms with Crippen molar-refractivity contribution in [3.05, 3.63) is 29.8 Å². The highest BCUT2D eigenvalue weighted by Crippen LogP contribution is 2.38. The van der Waals surface area contributed by atoms with Crippen molar-refractivity contribution < 1.29 is 19.1 Å². The molecule has 2 heterocycles. The number of nitrogens with zero attached hydrogens (tertiary/aromatic N) is 2. The first kappa shape index (κ1) is 17.7. The van der Waals surface area contributed by atoms with Crippen molar-refractivity contribution in [3.8, 4) is 5.75 Å². The van der Waals surface area contributed by atoms with Crippen LogP contribution >= 0.6 is 0 Å². The highest BCUT2D eigenvalue weighted by atomic mass is 16.5. The second-order valence-electron chi connectivity index (χ2n) is 6.48. The second kappa shape index (κ2) is 7.87. The number of carbonyl (C=O) groups is 2. The molecular formula is C19H26N2O4. The largest absolute Gasteiger partial charge is 0.497 e. The minimum atomic E-state index is -0.239.